The van der Waals surface area contributed by atoms with Gasteiger partial charge in [0.25, 0.3) is 10.1 Å². The first-order valence-electron chi connectivity index (χ1n) is 22.1. The molecule has 6 N–H and O–H groups in total. The zero-order valence-corrected chi connectivity index (χ0v) is 49.3. The van der Waals surface area contributed by atoms with Gasteiger partial charge in [-0.05, 0) is 46.2 Å². The Bertz CT molecular complexity index is 2800. The van der Waals surface area contributed by atoms with Crippen molar-refractivity contribution in [1.82, 2.24) is 16.0 Å². The zero-order valence-electron chi connectivity index (χ0n) is 40.6. The van der Waals surface area contributed by atoms with Crippen molar-refractivity contribution < 1.29 is 185 Å². The first kappa shape index (κ1) is 66.8. The van der Waals surface area contributed by atoms with Crippen LogP contribution in [0.25, 0.3) is 11.1 Å². The van der Waals surface area contributed by atoms with E-state index in [4.69, 9.17) is 24.5 Å². The second kappa shape index (κ2) is 33.1. The maximum atomic E-state index is 13.1. The predicted octanol–water partition coefficient (Wildman–Crippen LogP) is -3.32. The molecule has 0 bridgehead atoms. The molecule has 5 rings (SSSR count). The van der Waals surface area contributed by atoms with Crippen molar-refractivity contribution in [2.75, 3.05) is 37.0 Å². The largest absolute Gasteiger partial charge is 1.00 e. The number of rotatable bonds is 26. The van der Waals surface area contributed by atoms with Crippen LogP contribution in [0, 0.1) is 5.92 Å². The van der Waals surface area contributed by atoms with Crippen LogP contribution >= 0.6 is 0 Å². The van der Waals surface area contributed by atoms with Crippen LogP contribution < -0.4 is 124 Å². The van der Waals surface area contributed by atoms with Crippen LogP contribution in [0.15, 0.2) is 109 Å². The van der Waals surface area contributed by atoms with E-state index >= 15 is 0 Å². The number of hydrogen-bond donors (Lipinski definition) is 5. The molecule has 4 aromatic rings. The molecule has 2 unspecified atom stereocenters. The maximum Gasteiger partial charge on any atom is 1.00 e. The van der Waals surface area contributed by atoms with Gasteiger partial charge in [-0.2, -0.15) is 8.42 Å². The summed E-state index contributed by atoms with van der Waals surface area (Å²) in [5.41, 5.74) is 10.7. The second-order valence-corrected chi connectivity index (χ2v) is 20.7. The van der Waals surface area contributed by atoms with Gasteiger partial charge in [0.05, 0.1) is 55.9 Å². The summed E-state index contributed by atoms with van der Waals surface area (Å²) < 4.78 is 115. The van der Waals surface area contributed by atoms with Gasteiger partial charge < -0.3 is 45.0 Å². The number of nitrogens with two attached hydrogens (primary N) is 1. The molecule has 0 radical (unpaired) electrons. The number of ether oxygens (including phenoxy) is 3. The van der Waals surface area contributed by atoms with Crippen LogP contribution in [-0.2, 0) is 77.0 Å². The van der Waals surface area contributed by atoms with Crippen LogP contribution in [-0.4, -0.2) is 124 Å². The molecule has 3 atom stereocenters. The summed E-state index contributed by atoms with van der Waals surface area (Å²) in [4.78, 5) is 73.7. The standard InChI is InChI=1S/C33H36N2O12S2.C14H20N2O6S.2K/c36-30(15-8-16-34-33(39)47-18-22-9-2-1-3-10-22)29(21-49(43,44)45)35-32(38)23(20-48(40,41)42)17-31(37)46-19-28-26-13-6-4-11-24(26)25-12-5-7-14-27(25)28;15-12(10-23(19,20)21)13(17)7-4-8-16-14(18)22-9-11-5-2-1-3-6-11;;/h1-7,9-14,23,28-29H,8,15-21H2,(H,34,39)(H,35,38)(H,40,41,42)(H,43,44,45);1-3,5-6,12H,4,7-10,15H2,(H,16,18)(H,19,20,21);;/q;;2*+1/p-2/t23-,29?;;;/m0.../s1. The van der Waals surface area contributed by atoms with Crippen LogP contribution in [0.2, 0.25) is 0 Å². The Morgan fingerprint density at radius 2 is 1.03 bits per heavy atom. The number of amides is 3. The Labute approximate surface area is 514 Å². The summed E-state index contributed by atoms with van der Waals surface area (Å²) in [5, 5.41) is 6.91. The summed E-state index contributed by atoms with van der Waals surface area (Å²) >= 11 is 0. The Balaban J connectivity index is 0.000000633. The molecule has 0 aromatic heterocycles. The van der Waals surface area contributed by atoms with Gasteiger partial charge >= 0.3 is 121 Å². The number of hydrogen-bond acceptors (Lipinski definition) is 18. The van der Waals surface area contributed by atoms with Crippen molar-refractivity contribution in [3.05, 3.63) is 131 Å². The summed E-state index contributed by atoms with van der Waals surface area (Å²) in [5.74, 6) is -9.49. The summed E-state index contributed by atoms with van der Waals surface area (Å²) in [6.07, 6.45) is -2.43. The van der Waals surface area contributed by atoms with E-state index in [1.165, 1.54) is 0 Å². The van der Waals surface area contributed by atoms with Gasteiger partial charge in [0.2, 0.25) is 5.91 Å². The maximum absolute atomic E-state index is 13.1. The topological polar surface area (TPSA) is 361 Å². The molecule has 0 saturated heterocycles. The third-order valence-corrected chi connectivity index (χ3v) is 12.9. The molecule has 4 aromatic carbocycles. The molecule has 3 amide bonds. The van der Waals surface area contributed by atoms with Gasteiger partial charge in [-0.3, -0.25) is 23.7 Å². The second-order valence-electron chi connectivity index (χ2n) is 16.3. The van der Waals surface area contributed by atoms with Gasteiger partial charge in [-0.25, -0.2) is 26.4 Å². The van der Waals surface area contributed by atoms with E-state index in [1.54, 1.807) is 30.3 Å². The van der Waals surface area contributed by atoms with Crippen molar-refractivity contribution in [2.45, 2.75) is 63.3 Å². The van der Waals surface area contributed by atoms with E-state index in [-0.39, 0.29) is 154 Å². The normalized spacial score (nSPS) is 13.0. The van der Waals surface area contributed by atoms with Crippen molar-refractivity contribution in [2.24, 2.45) is 11.7 Å². The summed E-state index contributed by atoms with van der Waals surface area (Å²) in [7, 11) is -14.5. The fourth-order valence-electron chi connectivity index (χ4n) is 7.19. The van der Waals surface area contributed by atoms with Gasteiger partial charge in [-0.15, -0.1) is 0 Å². The monoisotopic (exact) mass is 1140 g/mol. The number of benzene rings is 4. The van der Waals surface area contributed by atoms with Crippen LogP contribution in [0.1, 0.15) is 60.3 Å². The first-order chi connectivity index (χ1) is 34.0. The minimum Gasteiger partial charge on any atom is -0.748 e. The van der Waals surface area contributed by atoms with Crippen LogP contribution in [0.5, 0.6) is 0 Å². The third-order valence-electron chi connectivity index (χ3n) is 10.6. The molecule has 0 spiro atoms. The molecule has 1 aliphatic rings. The van der Waals surface area contributed by atoms with Gasteiger partial charge in [-0.1, -0.05) is 109 Å². The fourth-order valence-corrected chi connectivity index (χ4v) is 9.27. The number of carbonyl (C=O) groups is 6. The number of ketones is 2. The van der Waals surface area contributed by atoms with Crippen molar-refractivity contribution in [1.29, 1.82) is 0 Å². The molecule has 0 aliphatic heterocycles. The zero-order chi connectivity index (χ0) is 52.9. The SMILES string of the molecule is NC(CS(=O)(=O)O)C(=O)CCCNC(=O)OCc1ccccc1.O=C(C[C@@H](CS(=O)(=O)[O-])C(=O)NC(CS(=O)(=O)[O-])C(=O)CCCNC(=O)OCc1ccccc1)OCC1c2ccccc2-c2ccccc21.[K+].[K+]. The molecule has 22 nitrogen and oxygen atoms in total. The minimum atomic E-state index is -5.10. The average Bonchev–Trinajstić information content (AvgIpc) is 3.64. The first-order valence-corrected chi connectivity index (χ1v) is 26.9. The molecular formula is C47H54K2N4O18S3. The molecule has 74 heavy (non-hydrogen) atoms. The van der Waals surface area contributed by atoms with E-state index in [2.05, 4.69) is 10.6 Å². The number of esters is 1. The van der Waals surface area contributed by atoms with Gasteiger partial charge in [0.15, 0.2) is 11.6 Å². The smallest absolute Gasteiger partial charge is 0.748 e. The molecule has 390 valence electrons. The van der Waals surface area contributed by atoms with Crippen molar-refractivity contribution >= 4 is 66.0 Å². The van der Waals surface area contributed by atoms with Crippen LogP contribution in [0.4, 0.5) is 9.59 Å². The van der Waals surface area contributed by atoms with E-state index in [0.29, 0.717) is 6.42 Å². The number of Topliss-reactive ketones (excluding diaryl/α,β-unsaturated/α-hetero) is 2. The summed E-state index contributed by atoms with van der Waals surface area (Å²) in [6, 6.07) is 29.8. The van der Waals surface area contributed by atoms with Crippen molar-refractivity contribution in [3.63, 3.8) is 0 Å². The van der Waals surface area contributed by atoms with Crippen LogP contribution in [0.3, 0.4) is 0 Å². The van der Waals surface area contributed by atoms with E-state index in [9.17, 15) is 63.1 Å². The van der Waals surface area contributed by atoms with Crippen molar-refractivity contribution in [3.8, 4) is 11.1 Å². The summed E-state index contributed by atoms with van der Waals surface area (Å²) in [6.45, 7) is 0.0951. The molecule has 1 aliphatic carbocycles. The van der Waals surface area contributed by atoms with E-state index in [1.807, 2.05) is 84.2 Å². The van der Waals surface area contributed by atoms with E-state index < -0.39 is 114 Å². The number of alkyl carbamates (subject to hydrolysis) is 2. The quantitative estimate of drug-likeness (QED) is 0.0135. The fraction of sp³-hybridized carbons (Fsp3) is 0.362. The van der Waals surface area contributed by atoms with E-state index in [0.717, 1.165) is 33.4 Å². The minimum absolute atomic E-state index is 0. The Kier molecular flexibility index (Phi) is 29.8. The Morgan fingerprint density at radius 1 is 0.595 bits per heavy atom. The number of fused-ring (bicyclic) bond motifs is 3. The Morgan fingerprint density at radius 3 is 1.47 bits per heavy atom. The molecule has 0 fully saturated rings. The predicted molar refractivity (Wildman–Crippen MR) is 256 cm³/mol. The molecule has 0 heterocycles. The third kappa shape index (κ3) is 25.7. The molecular weight excluding hydrogens is 1080 g/mol. The van der Waals surface area contributed by atoms with Gasteiger partial charge in [0.1, 0.15) is 25.9 Å². The molecule has 27 heteroatoms. The Hall–Kier alpha value is -3.34. The average molecular weight is 1140 g/mol. The number of carbonyl (C=O) groups excluding carboxylic acids is 6. The number of nitrogens with one attached hydrogen (secondary N) is 3. The molecule has 0 saturated carbocycles. The van der Waals surface area contributed by atoms with Gasteiger partial charge in [0, 0.05) is 31.8 Å².